The Bertz CT molecular complexity index is 513. The number of nitrogens with one attached hydrogen (secondary N) is 1. The lowest BCUT2D eigenvalue weighted by Crippen LogP contribution is -2.31. The second-order valence-electron chi connectivity index (χ2n) is 4.38. The second kappa shape index (κ2) is 7.09. The minimum Gasteiger partial charge on any atom is -0.355 e. The molecule has 7 nitrogen and oxygen atoms in total. The molecule has 2 rings (SSSR count). The van der Waals surface area contributed by atoms with Crippen molar-refractivity contribution in [2.45, 2.75) is 19.3 Å². The summed E-state index contributed by atoms with van der Waals surface area (Å²) in [4.78, 5) is 0. The van der Waals surface area contributed by atoms with Crippen LogP contribution in [0.3, 0.4) is 0 Å². The molecule has 0 saturated heterocycles. The first-order valence-electron chi connectivity index (χ1n) is 6.37. The number of ether oxygens (including phenoxy) is 2. The molecule has 7 heteroatoms. The largest absolute Gasteiger partial charge is 0.355 e. The third kappa shape index (κ3) is 3.60. The Kier molecular flexibility index (Phi) is 5.16. The summed E-state index contributed by atoms with van der Waals surface area (Å²) in [6.45, 7) is 2.70. The molecule has 0 bridgehead atoms. The first kappa shape index (κ1) is 14.6. The van der Waals surface area contributed by atoms with Gasteiger partial charge in [-0.15, -0.1) is 5.10 Å². The monoisotopic (exact) mass is 277 g/mol. The van der Waals surface area contributed by atoms with Crippen LogP contribution in [0.4, 0.5) is 0 Å². The molecule has 0 spiro atoms. The van der Waals surface area contributed by atoms with Crippen LogP contribution >= 0.6 is 0 Å². The Balaban J connectivity index is 2.03. The maximum Gasteiger partial charge on any atom is 0.169 e. The molecule has 1 aromatic carbocycles. The van der Waals surface area contributed by atoms with E-state index in [1.807, 2.05) is 18.2 Å². The Morgan fingerprint density at radius 2 is 2.10 bits per heavy atom. The van der Waals surface area contributed by atoms with Gasteiger partial charge in [-0.1, -0.05) is 12.1 Å². The van der Waals surface area contributed by atoms with Crippen LogP contribution in [0, 0.1) is 0 Å². The molecule has 2 aromatic rings. The van der Waals surface area contributed by atoms with Crippen LogP contribution in [0.5, 0.6) is 0 Å². The van der Waals surface area contributed by atoms with Gasteiger partial charge in [-0.2, -0.15) is 0 Å². The molecule has 0 saturated carbocycles. The number of rotatable bonds is 7. The van der Waals surface area contributed by atoms with E-state index in [0.29, 0.717) is 6.54 Å². The van der Waals surface area contributed by atoms with Gasteiger partial charge in [-0.05, 0) is 35.0 Å². The molecule has 20 heavy (non-hydrogen) atoms. The zero-order valence-electron chi connectivity index (χ0n) is 11.9. The molecule has 0 amide bonds. The van der Waals surface area contributed by atoms with E-state index in [2.05, 4.69) is 33.8 Å². The van der Waals surface area contributed by atoms with Crippen molar-refractivity contribution in [1.29, 1.82) is 0 Å². The highest BCUT2D eigenvalue weighted by Gasteiger charge is 2.10. The molecule has 1 heterocycles. The predicted molar refractivity (Wildman–Crippen MR) is 73.4 cm³/mol. The summed E-state index contributed by atoms with van der Waals surface area (Å²) in [6.07, 6.45) is 1.32. The van der Waals surface area contributed by atoms with Crippen molar-refractivity contribution in [2.75, 3.05) is 20.8 Å². The van der Waals surface area contributed by atoms with E-state index in [1.54, 1.807) is 25.2 Å². The van der Waals surface area contributed by atoms with Crippen LogP contribution in [-0.4, -0.2) is 47.3 Å². The van der Waals surface area contributed by atoms with E-state index < -0.39 is 0 Å². The number of methoxy groups -OCH3 is 2. The molecule has 0 aliphatic rings. The van der Waals surface area contributed by atoms with E-state index in [9.17, 15) is 0 Å². The van der Waals surface area contributed by atoms with E-state index in [4.69, 9.17) is 9.47 Å². The van der Waals surface area contributed by atoms with Crippen LogP contribution in [0.1, 0.15) is 18.5 Å². The molecular formula is C13H19N5O2. The fraction of sp³-hybridized carbons (Fsp3) is 0.462. The normalized spacial score (nSPS) is 12.8. The van der Waals surface area contributed by atoms with E-state index >= 15 is 0 Å². The molecule has 108 valence electrons. The number of nitrogens with zero attached hydrogens (tertiary/aromatic N) is 4. The number of aromatic nitrogens is 4. The van der Waals surface area contributed by atoms with Crippen molar-refractivity contribution < 1.29 is 9.47 Å². The minimum absolute atomic E-state index is 0.166. The fourth-order valence-corrected chi connectivity index (χ4v) is 1.87. The molecular weight excluding hydrogens is 258 g/mol. The van der Waals surface area contributed by atoms with Crippen LogP contribution in [-0.2, 0) is 9.47 Å². The second-order valence-corrected chi connectivity index (χ2v) is 4.38. The van der Waals surface area contributed by atoms with Gasteiger partial charge in [-0.25, -0.2) is 4.68 Å². The molecule has 0 fully saturated rings. The molecule has 1 aromatic heterocycles. The number of tetrazole rings is 1. The lowest BCUT2D eigenvalue weighted by Gasteiger charge is -2.19. The van der Waals surface area contributed by atoms with Crippen molar-refractivity contribution >= 4 is 0 Å². The Hall–Kier alpha value is -1.83. The molecule has 0 radical (unpaired) electrons. The maximum absolute atomic E-state index is 5.15. The Labute approximate surface area is 117 Å². The summed E-state index contributed by atoms with van der Waals surface area (Å²) >= 11 is 0. The highest BCUT2D eigenvalue weighted by Crippen LogP contribution is 2.16. The van der Waals surface area contributed by atoms with Crippen molar-refractivity contribution in [1.82, 2.24) is 25.5 Å². The van der Waals surface area contributed by atoms with Crippen LogP contribution in [0.2, 0.25) is 0 Å². The predicted octanol–water partition coefficient (Wildman–Crippen LogP) is 0.932. The quantitative estimate of drug-likeness (QED) is 0.759. The smallest absolute Gasteiger partial charge is 0.169 e. The van der Waals surface area contributed by atoms with E-state index in [-0.39, 0.29) is 12.3 Å². The van der Waals surface area contributed by atoms with Crippen molar-refractivity contribution in [3.8, 4) is 5.69 Å². The average molecular weight is 277 g/mol. The summed E-state index contributed by atoms with van der Waals surface area (Å²) in [5, 5.41) is 14.5. The van der Waals surface area contributed by atoms with Crippen molar-refractivity contribution in [3.05, 3.63) is 36.2 Å². The zero-order chi connectivity index (χ0) is 14.4. The summed E-state index contributed by atoms with van der Waals surface area (Å²) in [6, 6.07) is 8.20. The summed E-state index contributed by atoms with van der Waals surface area (Å²) < 4.78 is 11.9. The lowest BCUT2D eigenvalue weighted by atomic mass is 10.1. The van der Waals surface area contributed by atoms with E-state index in [1.165, 1.54) is 0 Å². The standard InChI is InChI=1S/C13H19N5O2/c1-10(14-8-13(19-2)20-3)11-5-4-6-12(7-11)18-9-15-16-17-18/h4-7,9-10,13-14H,8H2,1-3H3. The lowest BCUT2D eigenvalue weighted by molar-refractivity contribution is -0.0997. The summed E-state index contributed by atoms with van der Waals surface area (Å²) in [5.41, 5.74) is 2.07. The maximum atomic E-state index is 5.15. The first-order valence-corrected chi connectivity index (χ1v) is 6.37. The minimum atomic E-state index is -0.250. The number of benzene rings is 1. The average Bonchev–Trinajstić information content (AvgIpc) is 3.02. The molecule has 1 unspecified atom stereocenters. The van der Waals surface area contributed by atoms with Crippen molar-refractivity contribution in [3.63, 3.8) is 0 Å². The SMILES string of the molecule is COC(CNC(C)c1cccc(-n2cnnn2)c1)OC. The van der Waals surface area contributed by atoms with Gasteiger partial charge < -0.3 is 14.8 Å². The molecule has 0 aliphatic heterocycles. The number of hydrogen-bond donors (Lipinski definition) is 1. The molecule has 1 N–H and O–H groups in total. The van der Waals surface area contributed by atoms with Gasteiger partial charge in [0.2, 0.25) is 0 Å². The van der Waals surface area contributed by atoms with Crippen LogP contribution in [0.15, 0.2) is 30.6 Å². The van der Waals surface area contributed by atoms with E-state index in [0.717, 1.165) is 11.3 Å². The first-order chi connectivity index (χ1) is 9.74. The van der Waals surface area contributed by atoms with Gasteiger partial charge >= 0.3 is 0 Å². The molecule has 0 aliphatic carbocycles. The summed E-state index contributed by atoms with van der Waals surface area (Å²) in [5.74, 6) is 0. The van der Waals surface area contributed by atoms with Crippen molar-refractivity contribution in [2.24, 2.45) is 0 Å². The topological polar surface area (TPSA) is 74.1 Å². The van der Waals surface area contributed by atoms with Gasteiger partial charge in [-0.3, -0.25) is 0 Å². The van der Waals surface area contributed by atoms with Gasteiger partial charge in [0.05, 0.1) is 5.69 Å². The third-order valence-electron chi connectivity index (χ3n) is 3.10. The Morgan fingerprint density at radius 3 is 2.75 bits per heavy atom. The Morgan fingerprint density at radius 1 is 1.30 bits per heavy atom. The van der Waals surface area contributed by atoms with Gasteiger partial charge in [0, 0.05) is 26.8 Å². The van der Waals surface area contributed by atoms with Gasteiger partial charge in [0.1, 0.15) is 6.33 Å². The van der Waals surface area contributed by atoms with Crippen LogP contribution in [0.25, 0.3) is 5.69 Å². The molecule has 1 atom stereocenters. The third-order valence-corrected chi connectivity index (χ3v) is 3.10. The highest BCUT2D eigenvalue weighted by atomic mass is 16.7. The number of hydrogen-bond acceptors (Lipinski definition) is 6. The van der Waals surface area contributed by atoms with Gasteiger partial charge in [0.25, 0.3) is 0 Å². The zero-order valence-corrected chi connectivity index (χ0v) is 11.9. The summed E-state index contributed by atoms with van der Waals surface area (Å²) in [7, 11) is 3.25. The fourth-order valence-electron chi connectivity index (χ4n) is 1.87. The highest BCUT2D eigenvalue weighted by molar-refractivity contribution is 5.35. The van der Waals surface area contributed by atoms with Crippen LogP contribution < -0.4 is 5.32 Å². The van der Waals surface area contributed by atoms with Gasteiger partial charge in [0.15, 0.2) is 6.29 Å².